The van der Waals surface area contributed by atoms with Crippen molar-refractivity contribution in [2.45, 2.75) is 37.5 Å². The minimum Gasteiger partial charge on any atom is -0.320 e. The molecule has 5 nitrogen and oxygen atoms in total. The Labute approximate surface area is 126 Å². The van der Waals surface area contributed by atoms with Gasteiger partial charge in [0, 0.05) is 24.5 Å². The highest BCUT2D eigenvalue weighted by Crippen LogP contribution is 2.36. The van der Waals surface area contributed by atoms with E-state index in [9.17, 15) is 8.42 Å². The van der Waals surface area contributed by atoms with Gasteiger partial charge >= 0.3 is 0 Å². The molecule has 0 spiro atoms. The first-order chi connectivity index (χ1) is 9.95. The lowest BCUT2D eigenvalue weighted by Gasteiger charge is -2.23. The number of nitrogens with zero attached hydrogens (tertiary/aromatic N) is 1. The van der Waals surface area contributed by atoms with E-state index in [4.69, 9.17) is 5.73 Å². The zero-order valence-electron chi connectivity index (χ0n) is 12.2. The molecule has 21 heavy (non-hydrogen) atoms. The Bertz CT molecular complexity index is 653. The van der Waals surface area contributed by atoms with Gasteiger partial charge in [-0.2, -0.15) is 0 Å². The smallest absolute Gasteiger partial charge is 0.242 e. The third-order valence-electron chi connectivity index (χ3n) is 3.86. The summed E-state index contributed by atoms with van der Waals surface area (Å²) in [5, 5.41) is 0. The Morgan fingerprint density at radius 1 is 1.38 bits per heavy atom. The molecule has 0 amide bonds. The fourth-order valence-corrected chi connectivity index (χ4v) is 3.73. The maximum absolute atomic E-state index is 12.3. The topological polar surface area (TPSA) is 85.1 Å². The number of pyridine rings is 1. The number of hydrogen-bond donors (Lipinski definition) is 2. The number of sulfonamides is 1. The van der Waals surface area contributed by atoms with Crippen LogP contribution in [0.3, 0.4) is 0 Å². The van der Waals surface area contributed by atoms with Crippen LogP contribution in [0.2, 0.25) is 0 Å². The summed E-state index contributed by atoms with van der Waals surface area (Å²) < 4.78 is 27.4. The van der Waals surface area contributed by atoms with E-state index < -0.39 is 10.0 Å². The van der Waals surface area contributed by atoms with Crippen molar-refractivity contribution in [3.8, 4) is 11.8 Å². The molecule has 0 bridgehead atoms. The van der Waals surface area contributed by atoms with Gasteiger partial charge in [0.15, 0.2) is 0 Å². The fraction of sp³-hybridized carbons (Fsp3) is 0.533. The normalized spacial score (nSPS) is 17.2. The second kappa shape index (κ2) is 6.56. The first kappa shape index (κ1) is 16.0. The Balaban J connectivity index is 2.12. The van der Waals surface area contributed by atoms with Crippen molar-refractivity contribution in [2.24, 2.45) is 11.1 Å². The van der Waals surface area contributed by atoms with Crippen LogP contribution in [0.25, 0.3) is 0 Å². The van der Waals surface area contributed by atoms with Crippen LogP contribution in [-0.4, -0.2) is 26.5 Å². The van der Waals surface area contributed by atoms with Gasteiger partial charge in [-0.3, -0.25) is 4.98 Å². The van der Waals surface area contributed by atoms with Crippen molar-refractivity contribution >= 4 is 10.0 Å². The van der Waals surface area contributed by atoms with E-state index in [1.807, 2.05) is 0 Å². The standard InChI is InChI=1S/C15H21N3O2S/c1-15(6-2-3-7-15)12-18-21(19,20)14-9-13(5-4-8-16)10-17-11-14/h9-11,18H,2-3,6-8,12,16H2,1H3. The van der Waals surface area contributed by atoms with E-state index in [0.717, 1.165) is 12.8 Å². The molecule has 114 valence electrons. The van der Waals surface area contributed by atoms with E-state index >= 15 is 0 Å². The van der Waals surface area contributed by atoms with Gasteiger partial charge in [-0.25, -0.2) is 13.1 Å². The van der Waals surface area contributed by atoms with Gasteiger partial charge in [-0.05, 0) is 24.3 Å². The highest BCUT2D eigenvalue weighted by molar-refractivity contribution is 7.89. The Kier molecular flexibility index (Phi) is 4.99. The lowest BCUT2D eigenvalue weighted by molar-refractivity contribution is 0.336. The molecule has 0 saturated heterocycles. The van der Waals surface area contributed by atoms with Gasteiger partial charge in [-0.15, -0.1) is 0 Å². The summed E-state index contributed by atoms with van der Waals surface area (Å²) in [5.74, 6) is 5.48. The average Bonchev–Trinajstić information content (AvgIpc) is 2.91. The number of aromatic nitrogens is 1. The number of nitrogens with one attached hydrogen (secondary N) is 1. The third kappa shape index (κ3) is 4.27. The molecule has 0 aromatic carbocycles. The summed E-state index contributed by atoms with van der Waals surface area (Å²) in [5.41, 5.74) is 5.93. The summed E-state index contributed by atoms with van der Waals surface area (Å²) in [4.78, 5) is 4.08. The summed E-state index contributed by atoms with van der Waals surface area (Å²) in [6, 6.07) is 1.52. The van der Waals surface area contributed by atoms with Crippen molar-refractivity contribution in [3.63, 3.8) is 0 Å². The molecule has 1 heterocycles. The van der Waals surface area contributed by atoms with Crippen molar-refractivity contribution in [2.75, 3.05) is 13.1 Å². The molecule has 3 N–H and O–H groups in total. The second-order valence-electron chi connectivity index (χ2n) is 5.76. The zero-order chi connectivity index (χ0) is 15.3. The predicted octanol–water partition coefficient (Wildman–Crippen LogP) is 1.25. The zero-order valence-corrected chi connectivity index (χ0v) is 13.0. The van der Waals surface area contributed by atoms with Crippen LogP contribution in [0.1, 0.15) is 38.2 Å². The van der Waals surface area contributed by atoms with Gasteiger partial charge in [0.2, 0.25) is 10.0 Å². The summed E-state index contributed by atoms with van der Waals surface area (Å²) in [6.07, 6.45) is 7.34. The van der Waals surface area contributed by atoms with E-state index in [2.05, 4.69) is 28.5 Å². The first-order valence-corrected chi connectivity index (χ1v) is 8.57. The number of rotatable bonds is 4. The van der Waals surface area contributed by atoms with E-state index in [1.54, 1.807) is 0 Å². The summed E-state index contributed by atoms with van der Waals surface area (Å²) >= 11 is 0. The molecule has 0 aliphatic heterocycles. The predicted molar refractivity (Wildman–Crippen MR) is 81.9 cm³/mol. The van der Waals surface area contributed by atoms with Crippen LogP contribution in [-0.2, 0) is 10.0 Å². The largest absolute Gasteiger partial charge is 0.320 e. The van der Waals surface area contributed by atoms with Crippen LogP contribution in [0.4, 0.5) is 0 Å². The molecular weight excluding hydrogens is 286 g/mol. The maximum Gasteiger partial charge on any atom is 0.242 e. The minimum atomic E-state index is -3.54. The van der Waals surface area contributed by atoms with Crippen LogP contribution in [0.5, 0.6) is 0 Å². The summed E-state index contributed by atoms with van der Waals surface area (Å²) in [6.45, 7) is 2.82. The third-order valence-corrected chi connectivity index (χ3v) is 5.23. The van der Waals surface area contributed by atoms with Crippen LogP contribution in [0, 0.1) is 17.3 Å². The van der Waals surface area contributed by atoms with Crippen molar-refractivity contribution in [1.29, 1.82) is 0 Å². The van der Waals surface area contributed by atoms with Gasteiger partial charge in [0.25, 0.3) is 0 Å². The SMILES string of the molecule is CC1(CNS(=O)(=O)c2cncc(C#CCN)c2)CCCC1. The van der Waals surface area contributed by atoms with Gasteiger partial charge in [-0.1, -0.05) is 31.6 Å². The second-order valence-corrected chi connectivity index (χ2v) is 7.52. The fourth-order valence-electron chi connectivity index (χ4n) is 2.55. The van der Waals surface area contributed by atoms with Crippen molar-refractivity contribution in [1.82, 2.24) is 9.71 Å². The highest BCUT2D eigenvalue weighted by atomic mass is 32.2. The summed E-state index contributed by atoms with van der Waals surface area (Å²) in [7, 11) is -3.54. The molecule has 1 aliphatic rings. The Hall–Kier alpha value is -1.42. The van der Waals surface area contributed by atoms with Gasteiger partial charge in [0.1, 0.15) is 4.90 Å². The van der Waals surface area contributed by atoms with Gasteiger partial charge in [0.05, 0.1) is 6.54 Å². The van der Waals surface area contributed by atoms with Crippen LogP contribution >= 0.6 is 0 Å². The molecule has 0 unspecified atom stereocenters. The maximum atomic E-state index is 12.3. The Morgan fingerprint density at radius 3 is 2.76 bits per heavy atom. The van der Waals surface area contributed by atoms with Crippen molar-refractivity contribution in [3.05, 3.63) is 24.0 Å². The quantitative estimate of drug-likeness (QED) is 0.820. The van der Waals surface area contributed by atoms with Crippen LogP contribution in [0.15, 0.2) is 23.4 Å². The Morgan fingerprint density at radius 2 is 2.10 bits per heavy atom. The van der Waals surface area contributed by atoms with E-state index in [0.29, 0.717) is 12.1 Å². The highest BCUT2D eigenvalue weighted by Gasteiger charge is 2.30. The number of nitrogens with two attached hydrogens (primary N) is 1. The monoisotopic (exact) mass is 307 g/mol. The molecule has 2 rings (SSSR count). The molecule has 0 radical (unpaired) electrons. The molecule has 1 aliphatic carbocycles. The number of hydrogen-bond acceptors (Lipinski definition) is 4. The molecule has 1 aromatic heterocycles. The molecule has 1 aromatic rings. The van der Waals surface area contributed by atoms with E-state index in [1.165, 1.54) is 31.3 Å². The van der Waals surface area contributed by atoms with Crippen LogP contribution < -0.4 is 10.5 Å². The molecule has 1 saturated carbocycles. The van der Waals surface area contributed by atoms with Crippen molar-refractivity contribution < 1.29 is 8.42 Å². The molecular formula is C15H21N3O2S. The lowest BCUT2D eigenvalue weighted by Crippen LogP contribution is -2.34. The average molecular weight is 307 g/mol. The van der Waals surface area contributed by atoms with Gasteiger partial charge < -0.3 is 5.73 Å². The molecule has 1 fully saturated rings. The minimum absolute atomic E-state index is 0.0669. The molecule has 6 heteroatoms. The lowest BCUT2D eigenvalue weighted by atomic mass is 9.89. The molecule has 0 atom stereocenters. The van der Waals surface area contributed by atoms with E-state index in [-0.39, 0.29) is 16.9 Å². The first-order valence-electron chi connectivity index (χ1n) is 7.09.